The average Bonchev–Trinajstić information content (AvgIpc) is 2.91. The molecule has 0 atom stereocenters. The summed E-state index contributed by atoms with van der Waals surface area (Å²) in [4.78, 5) is 8.36. The Morgan fingerprint density at radius 3 is 2.65 bits per heavy atom. The highest BCUT2D eigenvalue weighted by Gasteiger charge is 2.10. The number of anilines is 1. The van der Waals surface area contributed by atoms with Gasteiger partial charge in [0, 0.05) is 20.7 Å². The normalized spacial score (nSPS) is 10.7. The summed E-state index contributed by atoms with van der Waals surface area (Å²) < 4.78 is 4.00. The maximum absolute atomic E-state index is 5.63. The van der Waals surface area contributed by atoms with Crippen molar-refractivity contribution in [3.63, 3.8) is 0 Å². The Kier molecular flexibility index (Phi) is 3.58. The molecule has 2 aromatic heterocycles. The monoisotopic (exact) mass is 392 g/mol. The largest absolute Gasteiger partial charge is 0.384 e. The van der Waals surface area contributed by atoms with E-state index in [9.17, 15) is 0 Å². The fourth-order valence-electron chi connectivity index (χ4n) is 1.93. The Hall–Kier alpha value is -1.66. The first-order valence-electron chi connectivity index (χ1n) is 5.85. The summed E-state index contributed by atoms with van der Waals surface area (Å²) in [5.74, 6) is 0.503. The smallest absolute Gasteiger partial charge is 0.123 e. The minimum Gasteiger partial charge on any atom is -0.384 e. The molecule has 2 heterocycles. The molecule has 0 aliphatic rings. The lowest BCUT2D eigenvalue weighted by Crippen LogP contribution is -1.97. The third kappa shape index (κ3) is 2.48. The van der Waals surface area contributed by atoms with Crippen molar-refractivity contribution in [2.45, 2.75) is 0 Å². The number of pyridine rings is 1. The van der Waals surface area contributed by atoms with Gasteiger partial charge in [0.1, 0.15) is 5.82 Å². The molecular weight excluding hydrogens is 384 g/mol. The first-order chi connectivity index (χ1) is 9.65. The maximum Gasteiger partial charge on any atom is 0.123 e. The molecule has 0 aliphatic heterocycles. The van der Waals surface area contributed by atoms with Gasteiger partial charge in [0.05, 0.1) is 23.9 Å². The predicted octanol–water partition coefficient (Wildman–Crippen LogP) is 4.04. The lowest BCUT2D eigenvalue weighted by molar-refractivity contribution is 1.05. The van der Waals surface area contributed by atoms with Gasteiger partial charge in [-0.25, -0.2) is 9.97 Å². The molecule has 0 unspecified atom stereocenters. The molecule has 2 N–H and O–H groups in total. The van der Waals surface area contributed by atoms with Gasteiger partial charge >= 0.3 is 0 Å². The molecule has 0 aliphatic carbocycles. The lowest BCUT2D eigenvalue weighted by Gasteiger charge is -2.10. The van der Waals surface area contributed by atoms with E-state index in [2.05, 4.69) is 41.8 Å². The van der Waals surface area contributed by atoms with Gasteiger partial charge in [0.2, 0.25) is 0 Å². The van der Waals surface area contributed by atoms with Crippen molar-refractivity contribution in [1.29, 1.82) is 0 Å². The number of aromatic nitrogens is 3. The van der Waals surface area contributed by atoms with Crippen LogP contribution in [0, 0.1) is 0 Å². The molecule has 3 rings (SSSR count). The summed E-state index contributed by atoms with van der Waals surface area (Å²) in [5, 5.41) is 0. The summed E-state index contributed by atoms with van der Waals surface area (Å²) in [6.45, 7) is 0. The van der Waals surface area contributed by atoms with Crippen molar-refractivity contribution in [2.75, 3.05) is 5.73 Å². The standard InChI is InChI=1S/C14H10Br2N4/c15-10-2-3-11(16)12(5-10)20-8-18-7-13(20)9-1-4-14(17)19-6-9/h1-8H,(H2,17,19). The number of nitrogens with two attached hydrogens (primary N) is 1. The number of nitrogens with zero attached hydrogens (tertiary/aromatic N) is 3. The average molecular weight is 394 g/mol. The van der Waals surface area contributed by atoms with Gasteiger partial charge in [-0.2, -0.15) is 0 Å². The van der Waals surface area contributed by atoms with Crippen LogP contribution in [0.4, 0.5) is 5.82 Å². The fraction of sp³-hybridized carbons (Fsp3) is 0. The third-order valence-electron chi connectivity index (χ3n) is 2.89. The highest BCUT2D eigenvalue weighted by atomic mass is 79.9. The number of hydrogen-bond acceptors (Lipinski definition) is 3. The van der Waals surface area contributed by atoms with Gasteiger partial charge in [-0.05, 0) is 46.3 Å². The molecule has 0 fully saturated rings. The van der Waals surface area contributed by atoms with Gasteiger partial charge in [0.15, 0.2) is 0 Å². The molecule has 0 saturated heterocycles. The summed E-state index contributed by atoms with van der Waals surface area (Å²) in [6, 6.07) is 9.71. The van der Waals surface area contributed by atoms with Crippen LogP contribution in [0.2, 0.25) is 0 Å². The summed E-state index contributed by atoms with van der Waals surface area (Å²) >= 11 is 7.05. The van der Waals surface area contributed by atoms with Crippen LogP contribution in [0.15, 0.2) is 58.0 Å². The highest BCUT2D eigenvalue weighted by molar-refractivity contribution is 9.11. The van der Waals surface area contributed by atoms with Gasteiger partial charge < -0.3 is 5.73 Å². The molecule has 20 heavy (non-hydrogen) atoms. The van der Waals surface area contributed by atoms with Crippen LogP contribution >= 0.6 is 31.9 Å². The molecule has 0 saturated carbocycles. The van der Waals surface area contributed by atoms with Crippen molar-refractivity contribution in [3.05, 3.63) is 58.0 Å². The van der Waals surface area contributed by atoms with Gasteiger partial charge in [-0.15, -0.1) is 0 Å². The van der Waals surface area contributed by atoms with Crippen molar-refractivity contribution in [1.82, 2.24) is 14.5 Å². The molecule has 6 heteroatoms. The quantitative estimate of drug-likeness (QED) is 0.714. The molecule has 0 bridgehead atoms. The highest BCUT2D eigenvalue weighted by Crippen LogP contribution is 2.29. The van der Waals surface area contributed by atoms with E-state index in [0.717, 1.165) is 25.9 Å². The zero-order valence-electron chi connectivity index (χ0n) is 10.3. The molecule has 0 amide bonds. The van der Waals surface area contributed by atoms with Crippen LogP contribution in [-0.4, -0.2) is 14.5 Å². The van der Waals surface area contributed by atoms with E-state index in [1.54, 1.807) is 24.8 Å². The second kappa shape index (κ2) is 5.38. The Morgan fingerprint density at radius 2 is 1.90 bits per heavy atom. The van der Waals surface area contributed by atoms with Gasteiger partial charge in [-0.3, -0.25) is 4.57 Å². The number of rotatable bonds is 2. The first kappa shape index (κ1) is 13.3. The maximum atomic E-state index is 5.63. The minimum atomic E-state index is 0.503. The second-order valence-electron chi connectivity index (χ2n) is 4.22. The zero-order chi connectivity index (χ0) is 14.1. The Balaban J connectivity index is 2.15. The van der Waals surface area contributed by atoms with Crippen molar-refractivity contribution < 1.29 is 0 Å². The van der Waals surface area contributed by atoms with Crippen LogP contribution in [0.1, 0.15) is 0 Å². The number of benzene rings is 1. The molecule has 0 radical (unpaired) electrons. The van der Waals surface area contributed by atoms with E-state index >= 15 is 0 Å². The summed E-state index contributed by atoms with van der Waals surface area (Å²) in [7, 11) is 0. The SMILES string of the molecule is Nc1ccc(-c2cncn2-c2cc(Br)ccc2Br)cn1. The van der Waals surface area contributed by atoms with E-state index < -0.39 is 0 Å². The fourth-order valence-corrected chi connectivity index (χ4v) is 2.71. The van der Waals surface area contributed by atoms with E-state index in [4.69, 9.17) is 5.73 Å². The Labute approximate surface area is 132 Å². The minimum absolute atomic E-state index is 0.503. The molecule has 1 aromatic carbocycles. The van der Waals surface area contributed by atoms with E-state index in [1.165, 1.54) is 0 Å². The van der Waals surface area contributed by atoms with Crippen molar-refractivity contribution in [2.24, 2.45) is 0 Å². The van der Waals surface area contributed by atoms with Crippen molar-refractivity contribution >= 4 is 37.7 Å². The number of hydrogen-bond donors (Lipinski definition) is 1. The Morgan fingerprint density at radius 1 is 1.05 bits per heavy atom. The van der Waals surface area contributed by atoms with Crippen LogP contribution in [0.25, 0.3) is 16.9 Å². The van der Waals surface area contributed by atoms with E-state index in [0.29, 0.717) is 5.82 Å². The third-order valence-corrected chi connectivity index (χ3v) is 4.05. The molecule has 0 spiro atoms. The molecule has 4 nitrogen and oxygen atoms in total. The van der Waals surface area contributed by atoms with Crippen LogP contribution in [-0.2, 0) is 0 Å². The summed E-state index contributed by atoms with van der Waals surface area (Å²) in [6.07, 6.45) is 5.33. The summed E-state index contributed by atoms with van der Waals surface area (Å²) in [5.41, 5.74) is 8.55. The first-order valence-corrected chi connectivity index (χ1v) is 7.43. The molecule has 3 aromatic rings. The van der Waals surface area contributed by atoms with Crippen molar-refractivity contribution in [3.8, 4) is 16.9 Å². The lowest BCUT2D eigenvalue weighted by atomic mass is 10.2. The zero-order valence-corrected chi connectivity index (χ0v) is 13.5. The van der Waals surface area contributed by atoms with Crippen LogP contribution in [0.3, 0.4) is 0 Å². The van der Waals surface area contributed by atoms with Crippen LogP contribution < -0.4 is 5.73 Å². The van der Waals surface area contributed by atoms with Gasteiger partial charge in [-0.1, -0.05) is 15.9 Å². The number of nitrogen functional groups attached to an aromatic ring is 1. The molecule has 100 valence electrons. The predicted molar refractivity (Wildman–Crippen MR) is 86.6 cm³/mol. The topological polar surface area (TPSA) is 56.7 Å². The number of halogens is 2. The van der Waals surface area contributed by atoms with Gasteiger partial charge in [0.25, 0.3) is 0 Å². The van der Waals surface area contributed by atoms with E-state index in [-0.39, 0.29) is 0 Å². The Bertz CT molecular complexity index is 750. The van der Waals surface area contributed by atoms with E-state index in [1.807, 2.05) is 28.8 Å². The second-order valence-corrected chi connectivity index (χ2v) is 5.99. The molecular formula is C14H10Br2N4. The number of imidazole rings is 1. The van der Waals surface area contributed by atoms with Crippen LogP contribution in [0.5, 0.6) is 0 Å².